The van der Waals surface area contributed by atoms with Crippen LogP contribution in [0.2, 0.25) is 0 Å². The second kappa shape index (κ2) is 7.47. The number of nitrogens with one attached hydrogen (secondary N) is 1. The van der Waals surface area contributed by atoms with E-state index in [9.17, 15) is 0 Å². The minimum atomic E-state index is 0.148. The Morgan fingerprint density at radius 3 is 3.00 bits per heavy atom. The lowest BCUT2D eigenvalue weighted by atomic mass is 10.0. The molecule has 2 aromatic rings. The van der Waals surface area contributed by atoms with E-state index < -0.39 is 0 Å². The molecule has 1 aliphatic heterocycles. The van der Waals surface area contributed by atoms with E-state index in [4.69, 9.17) is 9.15 Å². The summed E-state index contributed by atoms with van der Waals surface area (Å²) in [6, 6.07) is 12.5. The molecule has 1 saturated heterocycles. The van der Waals surface area contributed by atoms with Gasteiger partial charge in [0.25, 0.3) is 0 Å². The Balaban J connectivity index is 1.92. The van der Waals surface area contributed by atoms with Gasteiger partial charge in [0.15, 0.2) is 0 Å². The lowest BCUT2D eigenvalue weighted by Crippen LogP contribution is -2.32. The van der Waals surface area contributed by atoms with Crippen LogP contribution in [0.3, 0.4) is 0 Å². The number of hydrogen-bond donors (Lipinski definition) is 1. The molecule has 1 fully saturated rings. The summed E-state index contributed by atoms with van der Waals surface area (Å²) in [5.74, 6) is 1.92. The maximum atomic E-state index is 5.74. The van der Waals surface area contributed by atoms with Gasteiger partial charge in [-0.3, -0.25) is 4.90 Å². The van der Waals surface area contributed by atoms with Crippen molar-refractivity contribution in [1.82, 2.24) is 10.2 Å². The first-order chi connectivity index (χ1) is 10.9. The molecule has 4 nitrogen and oxygen atoms in total. The van der Waals surface area contributed by atoms with E-state index in [1.54, 1.807) is 6.26 Å². The third kappa shape index (κ3) is 3.51. The molecule has 0 spiro atoms. The highest BCUT2D eigenvalue weighted by atomic mass is 16.5. The number of rotatable bonds is 5. The normalized spacial score (nSPS) is 17.9. The molecular weight excluding hydrogens is 276 g/mol. The fourth-order valence-electron chi connectivity index (χ4n) is 3.07. The molecule has 4 heteroatoms. The number of nitrogens with zero attached hydrogens (tertiary/aromatic N) is 1. The third-order valence-electron chi connectivity index (χ3n) is 4.04. The topological polar surface area (TPSA) is 37.6 Å². The Kier molecular flexibility index (Phi) is 5.14. The molecule has 118 valence electrons. The number of benzene rings is 1. The second-order valence-electron chi connectivity index (χ2n) is 5.56. The minimum Gasteiger partial charge on any atom is -0.494 e. The summed E-state index contributed by atoms with van der Waals surface area (Å²) in [6.07, 6.45) is 2.91. The Morgan fingerprint density at radius 2 is 2.18 bits per heavy atom. The fraction of sp³-hybridized carbons (Fsp3) is 0.444. The second-order valence-corrected chi connectivity index (χ2v) is 5.56. The van der Waals surface area contributed by atoms with Crippen molar-refractivity contribution in [1.29, 1.82) is 0 Å². The van der Waals surface area contributed by atoms with Gasteiger partial charge in [0.05, 0.1) is 18.9 Å². The highest BCUT2D eigenvalue weighted by molar-refractivity contribution is 5.34. The van der Waals surface area contributed by atoms with Gasteiger partial charge in [-0.15, -0.1) is 0 Å². The monoisotopic (exact) mass is 300 g/mol. The van der Waals surface area contributed by atoms with Gasteiger partial charge in [-0.1, -0.05) is 12.1 Å². The summed E-state index contributed by atoms with van der Waals surface area (Å²) in [5, 5.41) is 3.46. The molecule has 1 aromatic heterocycles. The summed E-state index contributed by atoms with van der Waals surface area (Å²) >= 11 is 0. The average molecular weight is 300 g/mol. The molecule has 3 rings (SSSR count). The number of ether oxygens (including phenoxy) is 1. The van der Waals surface area contributed by atoms with Crippen LogP contribution in [0, 0.1) is 0 Å². The van der Waals surface area contributed by atoms with Crippen LogP contribution in [0.15, 0.2) is 47.1 Å². The van der Waals surface area contributed by atoms with Gasteiger partial charge >= 0.3 is 0 Å². The van der Waals surface area contributed by atoms with Crippen molar-refractivity contribution in [3.63, 3.8) is 0 Å². The lowest BCUT2D eigenvalue weighted by molar-refractivity contribution is 0.215. The average Bonchev–Trinajstić information content (AvgIpc) is 2.92. The van der Waals surface area contributed by atoms with Gasteiger partial charge in [-0.05, 0) is 49.7 Å². The predicted molar refractivity (Wildman–Crippen MR) is 87.2 cm³/mol. The SMILES string of the molecule is CCOc1cccc(C(c2ccco2)N2CCCNCC2)c1. The predicted octanol–water partition coefficient (Wildman–Crippen LogP) is 3.06. The van der Waals surface area contributed by atoms with Crippen molar-refractivity contribution in [2.24, 2.45) is 0 Å². The molecule has 1 aromatic carbocycles. The molecule has 0 saturated carbocycles. The van der Waals surface area contributed by atoms with E-state index in [0.717, 1.165) is 44.1 Å². The van der Waals surface area contributed by atoms with Crippen molar-refractivity contribution in [3.8, 4) is 5.75 Å². The highest BCUT2D eigenvalue weighted by Gasteiger charge is 2.25. The largest absolute Gasteiger partial charge is 0.494 e. The molecule has 1 N–H and O–H groups in total. The van der Waals surface area contributed by atoms with Gasteiger partial charge in [0, 0.05) is 19.6 Å². The van der Waals surface area contributed by atoms with Crippen molar-refractivity contribution in [2.45, 2.75) is 19.4 Å². The van der Waals surface area contributed by atoms with Crippen LogP contribution in [0.4, 0.5) is 0 Å². The molecule has 0 aliphatic carbocycles. The van der Waals surface area contributed by atoms with Crippen LogP contribution in [0.5, 0.6) is 5.75 Å². The van der Waals surface area contributed by atoms with E-state index in [2.05, 4.69) is 34.5 Å². The highest BCUT2D eigenvalue weighted by Crippen LogP contribution is 2.31. The first kappa shape index (κ1) is 15.1. The van der Waals surface area contributed by atoms with Gasteiger partial charge in [-0.25, -0.2) is 0 Å². The fourth-order valence-corrected chi connectivity index (χ4v) is 3.07. The Morgan fingerprint density at radius 1 is 1.23 bits per heavy atom. The van der Waals surface area contributed by atoms with E-state index in [-0.39, 0.29) is 6.04 Å². The lowest BCUT2D eigenvalue weighted by Gasteiger charge is -2.29. The molecule has 2 heterocycles. The molecule has 1 aliphatic rings. The van der Waals surface area contributed by atoms with Crippen molar-refractivity contribution in [2.75, 3.05) is 32.8 Å². The molecule has 0 amide bonds. The van der Waals surface area contributed by atoms with Gasteiger partial charge in [-0.2, -0.15) is 0 Å². The number of furan rings is 1. The van der Waals surface area contributed by atoms with Crippen LogP contribution in [0.25, 0.3) is 0 Å². The third-order valence-corrected chi connectivity index (χ3v) is 4.04. The summed E-state index contributed by atoms with van der Waals surface area (Å²) in [7, 11) is 0. The first-order valence-corrected chi connectivity index (χ1v) is 8.09. The molecule has 22 heavy (non-hydrogen) atoms. The van der Waals surface area contributed by atoms with E-state index in [1.165, 1.54) is 5.56 Å². The van der Waals surface area contributed by atoms with Crippen LogP contribution in [-0.2, 0) is 0 Å². The molecule has 1 unspecified atom stereocenters. The van der Waals surface area contributed by atoms with Crippen molar-refractivity contribution in [3.05, 3.63) is 54.0 Å². The quantitative estimate of drug-likeness (QED) is 0.921. The Bertz CT molecular complexity index is 560. The zero-order valence-electron chi connectivity index (χ0n) is 13.1. The van der Waals surface area contributed by atoms with Crippen LogP contribution in [0.1, 0.15) is 30.7 Å². The zero-order valence-corrected chi connectivity index (χ0v) is 13.1. The maximum Gasteiger partial charge on any atom is 0.125 e. The van der Waals surface area contributed by atoms with Crippen molar-refractivity contribution >= 4 is 0 Å². The molecule has 1 atom stereocenters. The number of hydrogen-bond acceptors (Lipinski definition) is 4. The van der Waals surface area contributed by atoms with Crippen LogP contribution >= 0.6 is 0 Å². The molecule has 0 radical (unpaired) electrons. The first-order valence-electron chi connectivity index (χ1n) is 8.09. The standard InChI is InChI=1S/C18H24N2O2/c1-2-21-16-7-3-6-15(14-16)18(17-8-4-13-22-17)20-11-5-9-19-10-12-20/h3-4,6-8,13-14,18-19H,2,5,9-12H2,1H3. The van der Waals surface area contributed by atoms with Crippen LogP contribution < -0.4 is 10.1 Å². The summed E-state index contributed by atoms with van der Waals surface area (Å²) in [4.78, 5) is 2.49. The zero-order chi connectivity index (χ0) is 15.2. The Hall–Kier alpha value is -1.78. The van der Waals surface area contributed by atoms with E-state index >= 15 is 0 Å². The molecular formula is C18H24N2O2. The Labute approximate surface area is 132 Å². The minimum absolute atomic E-state index is 0.148. The smallest absolute Gasteiger partial charge is 0.125 e. The summed E-state index contributed by atoms with van der Waals surface area (Å²) < 4.78 is 11.4. The molecule has 0 bridgehead atoms. The van der Waals surface area contributed by atoms with E-state index in [1.807, 2.05) is 19.1 Å². The summed E-state index contributed by atoms with van der Waals surface area (Å²) in [6.45, 7) is 6.88. The van der Waals surface area contributed by atoms with E-state index in [0.29, 0.717) is 6.61 Å². The van der Waals surface area contributed by atoms with Gasteiger partial charge in [0.1, 0.15) is 11.5 Å². The summed E-state index contributed by atoms with van der Waals surface area (Å²) in [5.41, 5.74) is 1.22. The maximum absolute atomic E-state index is 5.74. The van der Waals surface area contributed by atoms with Gasteiger partial charge in [0.2, 0.25) is 0 Å². The van der Waals surface area contributed by atoms with Crippen molar-refractivity contribution < 1.29 is 9.15 Å². The van der Waals surface area contributed by atoms with Gasteiger partial charge < -0.3 is 14.5 Å². The van der Waals surface area contributed by atoms with Crippen LogP contribution in [-0.4, -0.2) is 37.7 Å².